The van der Waals surface area contributed by atoms with Crippen molar-refractivity contribution in [2.24, 2.45) is 0 Å². The lowest BCUT2D eigenvalue weighted by atomic mass is 9.88. The molecule has 4 rings (SSSR count). The normalized spacial score (nSPS) is 11.4. The van der Waals surface area contributed by atoms with E-state index in [4.69, 9.17) is 9.44 Å². The predicted octanol–water partition coefficient (Wildman–Crippen LogP) is 2.98. The fraction of sp³-hybridized carbons (Fsp3) is 0. The van der Waals surface area contributed by atoms with Crippen molar-refractivity contribution in [3.05, 3.63) is 54.6 Å². The van der Waals surface area contributed by atoms with Crippen LogP contribution >= 0.6 is 0 Å². The molecular weight excluding hydrogens is 235 g/mol. The standard InChI is InChI=1S/C16H10BO2/c18-17-12-5-6-15-14(9-12)13-7-10-3-1-2-4-11(10)8-16(13)19-15/h1-9,18H. The van der Waals surface area contributed by atoms with Crippen LogP contribution in [0.3, 0.4) is 0 Å². The fourth-order valence-electron chi connectivity index (χ4n) is 2.56. The van der Waals surface area contributed by atoms with Crippen LogP contribution in [0.1, 0.15) is 0 Å². The maximum absolute atomic E-state index is 9.12. The van der Waals surface area contributed by atoms with Crippen molar-refractivity contribution < 1.29 is 9.44 Å². The summed E-state index contributed by atoms with van der Waals surface area (Å²) < 4.78 is 5.86. The molecule has 1 N–H and O–H groups in total. The molecule has 0 aliphatic heterocycles. The smallest absolute Gasteiger partial charge is 0.326 e. The monoisotopic (exact) mass is 245 g/mol. The van der Waals surface area contributed by atoms with E-state index in [9.17, 15) is 0 Å². The van der Waals surface area contributed by atoms with E-state index in [1.807, 2.05) is 30.3 Å². The molecule has 0 unspecified atom stereocenters. The van der Waals surface area contributed by atoms with E-state index in [2.05, 4.69) is 24.3 Å². The van der Waals surface area contributed by atoms with Gasteiger partial charge in [0.1, 0.15) is 11.2 Å². The Morgan fingerprint density at radius 2 is 1.53 bits per heavy atom. The van der Waals surface area contributed by atoms with Crippen LogP contribution in [0.4, 0.5) is 0 Å². The molecule has 89 valence electrons. The van der Waals surface area contributed by atoms with Crippen molar-refractivity contribution in [3.63, 3.8) is 0 Å². The number of furan rings is 1. The van der Waals surface area contributed by atoms with Crippen molar-refractivity contribution in [1.82, 2.24) is 0 Å². The molecule has 0 saturated heterocycles. The molecule has 1 aromatic heterocycles. The number of benzene rings is 3. The van der Waals surface area contributed by atoms with Gasteiger partial charge >= 0.3 is 7.48 Å². The summed E-state index contributed by atoms with van der Waals surface area (Å²) in [6.07, 6.45) is 0. The largest absolute Gasteiger partial charge is 0.456 e. The Bertz CT molecular complexity index is 908. The molecule has 0 saturated carbocycles. The summed E-state index contributed by atoms with van der Waals surface area (Å²) in [4.78, 5) is 0. The number of hydrogen-bond donors (Lipinski definition) is 1. The lowest BCUT2D eigenvalue weighted by Gasteiger charge is -1.97. The molecule has 0 bridgehead atoms. The minimum atomic E-state index is 0.781. The van der Waals surface area contributed by atoms with Gasteiger partial charge in [-0.05, 0) is 29.0 Å². The number of rotatable bonds is 1. The van der Waals surface area contributed by atoms with E-state index in [0.717, 1.165) is 34.9 Å². The molecule has 3 aromatic carbocycles. The van der Waals surface area contributed by atoms with E-state index in [1.165, 1.54) is 10.8 Å². The van der Waals surface area contributed by atoms with Gasteiger partial charge in [0.25, 0.3) is 0 Å². The maximum atomic E-state index is 9.12. The lowest BCUT2D eigenvalue weighted by molar-refractivity contribution is 0.615. The molecule has 4 aromatic rings. The summed E-state index contributed by atoms with van der Waals surface area (Å²) in [5.41, 5.74) is 2.50. The predicted molar refractivity (Wildman–Crippen MR) is 78.8 cm³/mol. The Morgan fingerprint density at radius 1 is 0.789 bits per heavy atom. The summed E-state index contributed by atoms with van der Waals surface area (Å²) in [5.74, 6) is 0. The Hall–Kier alpha value is -2.26. The van der Waals surface area contributed by atoms with Gasteiger partial charge in [0, 0.05) is 10.8 Å². The third-order valence-electron chi connectivity index (χ3n) is 3.51. The average molecular weight is 245 g/mol. The highest BCUT2D eigenvalue weighted by Crippen LogP contribution is 2.31. The van der Waals surface area contributed by atoms with Gasteiger partial charge in [-0.15, -0.1) is 0 Å². The molecule has 0 aliphatic rings. The minimum absolute atomic E-state index is 0.781. The molecule has 0 spiro atoms. The van der Waals surface area contributed by atoms with E-state index in [0.29, 0.717) is 0 Å². The molecular formula is C16H10BO2. The summed E-state index contributed by atoms with van der Waals surface area (Å²) in [5, 5.41) is 13.6. The summed E-state index contributed by atoms with van der Waals surface area (Å²) in [6.45, 7) is 0. The molecule has 2 nitrogen and oxygen atoms in total. The highest BCUT2D eigenvalue weighted by Gasteiger charge is 2.09. The average Bonchev–Trinajstić information content (AvgIpc) is 2.81. The number of hydrogen-bond acceptors (Lipinski definition) is 2. The van der Waals surface area contributed by atoms with Crippen molar-refractivity contribution >= 4 is 45.7 Å². The van der Waals surface area contributed by atoms with E-state index in [1.54, 1.807) is 0 Å². The maximum Gasteiger partial charge on any atom is 0.326 e. The minimum Gasteiger partial charge on any atom is -0.456 e. The van der Waals surface area contributed by atoms with Crippen LogP contribution in [-0.4, -0.2) is 12.5 Å². The second kappa shape index (κ2) is 3.87. The summed E-state index contributed by atoms with van der Waals surface area (Å²) in [7, 11) is 1.11. The first kappa shape index (κ1) is 10.6. The van der Waals surface area contributed by atoms with E-state index >= 15 is 0 Å². The van der Waals surface area contributed by atoms with Crippen LogP contribution in [0.15, 0.2) is 59.0 Å². The first-order valence-electron chi connectivity index (χ1n) is 6.18. The molecule has 0 aliphatic carbocycles. The van der Waals surface area contributed by atoms with Gasteiger partial charge in [-0.3, -0.25) is 0 Å². The molecule has 0 atom stereocenters. The number of fused-ring (bicyclic) bond motifs is 4. The van der Waals surface area contributed by atoms with Crippen molar-refractivity contribution in [3.8, 4) is 0 Å². The SMILES string of the molecule is O[B]c1ccc2oc3cc4ccccc4cc3c2c1. The van der Waals surface area contributed by atoms with Crippen molar-refractivity contribution in [2.75, 3.05) is 0 Å². The van der Waals surface area contributed by atoms with E-state index < -0.39 is 0 Å². The van der Waals surface area contributed by atoms with Crippen LogP contribution in [0, 0.1) is 0 Å². The van der Waals surface area contributed by atoms with Gasteiger partial charge in [-0.1, -0.05) is 41.9 Å². The zero-order valence-electron chi connectivity index (χ0n) is 10.1. The zero-order valence-corrected chi connectivity index (χ0v) is 10.1. The first-order chi connectivity index (χ1) is 9.35. The van der Waals surface area contributed by atoms with Gasteiger partial charge in [0.2, 0.25) is 0 Å². The second-order valence-corrected chi connectivity index (χ2v) is 4.68. The van der Waals surface area contributed by atoms with Gasteiger partial charge in [-0.25, -0.2) is 0 Å². The topological polar surface area (TPSA) is 33.4 Å². The zero-order chi connectivity index (χ0) is 12.8. The third-order valence-corrected chi connectivity index (χ3v) is 3.51. The van der Waals surface area contributed by atoms with Gasteiger partial charge < -0.3 is 9.44 Å². The quantitative estimate of drug-likeness (QED) is 0.523. The fourth-order valence-corrected chi connectivity index (χ4v) is 2.56. The second-order valence-electron chi connectivity index (χ2n) is 4.68. The van der Waals surface area contributed by atoms with Crippen LogP contribution in [0.25, 0.3) is 32.7 Å². The molecule has 1 heterocycles. The third kappa shape index (κ3) is 1.55. The lowest BCUT2D eigenvalue weighted by Crippen LogP contribution is -2.11. The van der Waals surface area contributed by atoms with Crippen LogP contribution in [0.2, 0.25) is 0 Å². The molecule has 0 amide bonds. The Labute approximate surface area is 110 Å². The highest BCUT2D eigenvalue weighted by molar-refractivity contribution is 6.46. The Balaban J connectivity index is 2.17. The summed E-state index contributed by atoms with van der Waals surface area (Å²) >= 11 is 0. The van der Waals surface area contributed by atoms with Crippen molar-refractivity contribution in [1.29, 1.82) is 0 Å². The van der Waals surface area contributed by atoms with Crippen LogP contribution < -0.4 is 5.46 Å². The van der Waals surface area contributed by atoms with Gasteiger partial charge in [0.15, 0.2) is 0 Å². The van der Waals surface area contributed by atoms with Crippen LogP contribution in [-0.2, 0) is 0 Å². The Kier molecular flexibility index (Phi) is 2.17. The summed E-state index contributed by atoms with van der Waals surface area (Å²) in [6, 6.07) is 18.1. The van der Waals surface area contributed by atoms with Crippen LogP contribution in [0.5, 0.6) is 0 Å². The molecule has 0 fully saturated rings. The molecule has 19 heavy (non-hydrogen) atoms. The highest BCUT2D eigenvalue weighted by atomic mass is 16.3. The van der Waals surface area contributed by atoms with Crippen molar-refractivity contribution in [2.45, 2.75) is 0 Å². The van der Waals surface area contributed by atoms with Gasteiger partial charge in [0.05, 0.1) is 0 Å². The van der Waals surface area contributed by atoms with Gasteiger partial charge in [-0.2, -0.15) is 0 Å². The Morgan fingerprint density at radius 3 is 2.32 bits per heavy atom. The van der Waals surface area contributed by atoms with E-state index in [-0.39, 0.29) is 0 Å². The first-order valence-corrected chi connectivity index (χ1v) is 6.18. The molecule has 3 heteroatoms. The molecule has 1 radical (unpaired) electrons.